The first-order valence-corrected chi connectivity index (χ1v) is 10.8. The van der Waals surface area contributed by atoms with Gasteiger partial charge in [0.2, 0.25) is 5.95 Å². The van der Waals surface area contributed by atoms with Crippen LogP contribution in [0.3, 0.4) is 0 Å². The number of para-hydroxylation sites is 2. The van der Waals surface area contributed by atoms with Crippen molar-refractivity contribution in [2.24, 2.45) is 0 Å². The van der Waals surface area contributed by atoms with E-state index < -0.39 is 0 Å². The first-order chi connectivity index (χ1) is 16.7. The second-order valence-corrected chi connectivity index (χ2v) is 7.55. The summed E-state index contributed by atoms with van der Waals surface area (Å²) in [5.41, 5.74) is 3.46. The summed E-state index contributed by atoms with van der Waals surface area (Å²) in [6.07, 6.45) is 1.77. The Balaban J connectivity index is 1.56. The van der Waals surface area contributed by atoms with E-state index in [0.29, 0.717) is 24.0 Å². The predicted octanol–water partition coefficient (Wildman–Crippen LogP) is 5.19. The van der Waals surface area contributed by atoms with Crippen LogP contribution in [0.4, 0.5) is 17.5 Å². The van der Waals surface area contributed by atoms with Crippen LogP contribution in [-0.4, -0.2) is 34.0 Å². The lowest BCUT2D eigenvalue weighted by atomic mass is 10.2. The molecule has 0 saturated heterocycles. The van der Waals surface area contributed by atoms with E-state index in [4.69, 9.17) is 19.4 Å². The number of hydrogen-bond donors (Lipinski definition) is 2. The number of rotatable bonds is 8. The topological polar surface area (TPSA) is 86.1 Å². The number of hydrogen-bond acceptors (Lipinski definition) is 7. The monoisotopic (exact) mass is 452 g/mol. The summed E-state index contributed by atoms with van der Waals surface area (Å²) in [6, 6.07) is 25.5. The van der Waals surface area contributed by atoms with Crippen LogP contribution in [0.5, 0.6) is 11.5 Å². The first-order valence-electron chi connectivity index (χ1n) is 10.8. The number of anilines is 3. The Morgan fingerprint density at radius 1 is 0.853 bits per heavy atom. The Bertz CT molecular complexity index is 1420. The van der Waals surface area contributed by atoms with Crippen molar-refractivity contribution < 1.29 is 9.47 Å². The molecular formula is C26H24N6O2. The van der Waals surface area contributed by atoms with Gasteiger partial charge in [-0.25, -0.2) is 4.68 Å². The standard InChI is InChI=1S/C26H24N6O2/c1-33-21-13-8-10-19(15-21)29-24-22-17-28-32(20-11-4-3-5-12-20)25(22)31-26(30-24)27-16-18-9-6-7-14-23(18)34-2/h3-15,17H,16H2,1-2H3,(H2,27,29,30,31). The molecule has 0 radical (unpaired) electrons. The third-order valence-corrected chi connectivity index (χ3v) is 5.39. The Kier molecular flexibility index (Phi) is 5.94. The molecule has 0 saturated carbocycles. The van der Waals surface area contributed by atoms with Crippen LogP contribution in [0.2, 0.25) is 0 Å². The van der Waals surface area contributed by atoms with Gasteiger partial charge in [0, 0.05) is 23.9 Å². The van der Waals surface area contributed by atoms with Crippen molar-refractivity contribution >= 4 is 28.5 Å². The van der Waals surface area contributed by atoms with Gasteiger partial charge in [0.05, 0.1) is 31.5 Å². The Morgan fingerprint density at radius 3 is 2.50 bits per heavy atom. The third kappa shape index (κ3) is 4.33. The minimum absolute atomic E-state index is 0.474. The molecular weight excluding hydrogens is 428 g/mol. The molecule has 0 fully saturated rings. The number of benzene rings is 3. The number of nitrogens with zero attached hydrogens (tertiary/aromatic N) is 4. The molecule has 0 unspecified atom stereocenters. The molecule has 0 amide bonds. The molecule has 0 aliphatic rings. The lowest BCUT2D eigenvalue weighted by Gasteiger charge is -2.13. The largest absolute Gasteiger partial charge is 0.497 e. The summed E-state index contributed by atoms with van der Waals surface area (Å²) in [7, 11) is 3.31. The molecule has 0 atom stereocenters. The molecule has 0 aliphatic carbocycles. The van der Waals surface area contributed by atoms with E-state index in [1.165, 1.54) is 0 Å². The van der Waals surface area contributed by atoms with Gasteiger partial charge in [-0.2, -0.15) is 15.1 Å². The average Bonchev–Trinajstić information content (AvgIpc) is 3.32. The average molecular weight is 453 g/mol. The van der Waals surface area contributed by atoms with E-state index in [1.54, 1.807) is 20.4 Å². The van der Waals surface area contributed by atoms with Crippen molar-refractivity contribution in [1.82, 2.24) is 19.7 Å². The Morgan fingerprint density at radius 2 is 1.68 bits per heavy atom. The predicted molar refractivity (Wildman–Crippen MR) is 133 cm³/mol. The summed E-state index contributed by atoms with van der Waals surface area (Å²) in [6.45, 7) is 0.508. The zero-order chi connectivity index (χ0) is 23.3. The van der Waals surface area contributed by atoms with Gasteiger partial charge in [0.25, 0.3) is 0 Å². The molecule has 34 heavy (non-hydrogen) atoms. The van der Waals surface area contributed by atoms with E-state index in [1.807, 2.05) is 83.5 Å². The van der Waals surface area contributed by atoms with Crippen molar-refractivity contribution in [3.05, 3.63) is 90.6 Å². The molecule has 2 N–H and O–H groups in total. The number of methoxy groups -OCH3 is 2. The van der Waals surface area contributed by atoms with Crippen molar-refractivity contribution in [3.8, 4) is 17.2 Å². The second-order valence-electron chi connectivity index (χ2n) is 7.55. The fourth-order valence-electron chi connectivity index (χ4n) is 3.70. The molecule has 5 aromatic rings. The molecule has 3 aromatic carbocycles. The molecule has 5 rings (SSSR count). The zero-order valence-electron chi connectivity index (χ0n) is 18.9. The molecule has 0 aliphatic heterocycles. The molecule has 8 heteroatoms. The van der Waals surface area contributed by atoms with Gasteiger partial charge in [0.1, 0.15) is 17.3 Å². The lowest BCUT2D eigenvalue weighted by molar-refractivity contribution is 0.410. The maximum absolute atomic E-state index is 5.47. The van der Waals surface area contributed by atoms with Crippen LogP contribution in [0.1, 0.15) is 5.56 Å². The maximum Gasteiger partial charge on any atom is 0.227 e. The summed E-state index contributed by atoms with van der Waals surface area (Å²) in [5.74, 6) is 2.68. The molecule has 170 valence electrons. The van der Waals surface area contributed by atoms with Crippen molar-refractivity contribution in [3.63, 3.8) is 0 Å². The van der Waals surface area contributed by atoms with Crippen molar-refractivity contribution in [1.29, 1.82) is 0 Å². The number of fused-ring (bicyclic) bond motifs is 1. The summed E-state index contributed by atoms with van der Waals surface area (Å²) >= 11 is 0. The normalized spacial score (nSPS) is 10.8. The third-order valence-electron chi connectivity index (χ3n) is 5.39. The van der Waals surface area contributed by atoms with E-state index in [2.05, 4.69) is 15.7 Å². The second kappa shape index (κ2) is 9.50. The zero-order valence-corrected chi connectivity index (χ0v) is 18.9. The molecule has 2 heterocycles. The van der Waals surface area contributed by atoms with Crippen molar-refractivity contribution in [2.75, 3.05) is 24.9 Å². The molecule has 8 nitrogen and oxygen atoms in total. The molecule has 2 aromatic heterocycles. The number of aromatic nitrogens is 4. The Labute approximate surface area is 197 Å². The van der Waals surface area contributed by atoms with Gasteiger partial charge in [-0.15, -0.1) is 0 Å². The first kappa shape index (κ1) is 21.3. The van der Waals surface area contributed by atoms with Gasteiger partial charge in [-0.1, -0.05) is 42.5 Å². The number of ether oxygens (including phenoxy) is 2. The van der Waals surface area contributed by atoms with Gasteiger partial charge in [-0.05, 0) is 30.3 Å². The lowest BCUT2D eigenvalue weighted by Crippen LogP contribution is -2.08. The fourth-order valence-corrected chi connectivity index (χ4v) is 3.70. The van der Waals surface area contributed by atoms with Crippen LogP contribution in [0.25, 0.3) is 16.7 Å². The van der Waals surface area contributed by atoms with E-state index >= 15 is 0 Å². The molecule has 0 spiro atoms. The van der Waals surface area contributed by atoms with Crippen molar-refractivity contribution in [2.45, 2.75) is 6.54 Å². The summed E-state index contributed by atoms with van der Waals surface area (Å²) in [5, 5.41) is 12.1. The molecule has 0 bridgehead atoms. The fraction of sp³-hybridized carbons (Fsp3) is 0.115. The van der Waals surface area contributed by atoms with Gasteiger partial charge >= 0.3 is 0 Å². The minimum Gasteiger partial charge on any atom is -0.497 e. The maximum atomic E-state index is 5.47. The highest BCUT2D eigenvalue weighted by Crippen LogP contribution is 2.28. The Hall–Kier alpha value is -4.59. The van der Waals surface area contributed by atoms with Crippen LogP contribution in [-0.2, 0) is 6.54 Å². The highest BCUT2D eigenvalue weighted by atomic mass is 16.5. The quantitative estimate of drug-likeness (QED) is 0.335. The van der Waals surface area contributed by atoms with Gasteiger partial charge in [0.15, 0.2) is 5.65 Å². The highest BCUT2D eigenvalue weighted by Gasteiger charge is 2.15. The van der Waals surface area contributed by atoms with Crippen LogP contribution in [0, 0.1) is 0 Å². The highest BCUT2D eigenvalue weighted by molar-refractivity contribution is 5.90. The van der Waals surface area contributed by atoms with Crippen LogP contribution >= 0.6 is 0 Å². The van der Waals surface area contributed by atoms with E-state index in [0.717, 1.165) is 33.8 Å². The van der Waals surface area contributed by atoms with Gasteiger partial charge in [-0.3, -0.25) is 0 Å². The van der Waals surface area contributed by atoms with Gasteiger partial charge < -0.3 is 20.1 Å². The van der Waals surface area contributed by atoms with Crippen LogP contribution in [0.15, 0.2) is 85.1 Å². The number of nitrogens with one attached hydrogen (secondary N) is 2. The smallest absolute Gasteiger partial charge is 0.227 e. The van der Waals surface area contributed by atoms with E-state index in [9.17, 15) is 0 Å². The SMILES string of the molecule is COc1cccc(Nc2nc(NCc3ccccc3OC)nc3c2cnn3-c2ccccc2)c1. The summed E-state index contributed by atoms with van der Waals surface area (Å²) < 4.78 is 12.6. The van der Waals surface area contributed by atoms with E-state index in [-0.39, 0.29) is 0 Å². The summed E-state index contributed by atoms with van der Waals surface area (Å²) in [4.78, 5) is 9.55. The minimum atomic E-state index is 0.474. The van der Waals surface area contributed by atoms with Crippen LogP contribution < -0.4 is 20.1 Å².